The van der Waals surface area contributed by atoms with E-state index in [4.69, 9.17) is 4.74 Å². The maximum atomic E-state index is 10.4. The molecule has 160 valence electrons. The highest BCUT2D eigenvalue weighted by Gasteiger charge is 2.17. The van der Waals surface area contributed by atoms with Gasteiger partial charge >= 0.3 is 18.2 Å². The van der Waals surface area contributed by atoms with Crippen LogP contribution in [-0.4, -0.2) is 36.0 Å². The molecule has 0 aliphatic rings. The monoisotopic (exact) mass is 466 g/mol. The van der Waals surface area contributed by atoms with E-state index in [0.29, 0.717) is 11.8 Å². The van der Waals surface area contributed by atoms with E-state index >= 15 is 0 Å². The first-order valence-electron chi connectivity index (χ1n) is 10.9. The van der Waals surface area contributed by atoms with Crippen molar-refractivity contribution in [2.75, 3.05) is 7.11 Å². The van der Waals surface area contributed by atoms with Crippen molar-refractivity contribution < 1.29 is 9.84 Å². The molecule has 2 atom stereocenters. The fourth-order valence-corrected chi connectivity index (χ4v) is 2.83. The lowest BCUT2D eigenvalue weighted by atomic mass is 9.92. The highest BCUT2D eigenvalue weighted by Crippen LogP contribution is 2.26. The van der Waals surface area contributed by atoms with E-state index in [1.807, 2.05) is 0 Å². The van der Waals surface area contributed by atoms with Gasteiger partial charge in [0, 0.05) is 7.11 Å². The zero-order valence-corrected chi connectivity index (χ0v) is 22.6. The average molecular weight is 468 g/mol. The number of aliphatic hydroxyl groups excluding tert-OH is 1. The van der Waals surface area contributed by atoms with E-state index in [2.05, 4.69) is 85.6 Å². The third kappa shape index (κ3) is 13.6. The molecule has 0 fully saturated rings. The van der Waals surface area contributed by atoms with Crippen molar-refractivity contribution in [2.45, 2.75) is 102 Å². The molecule has 0 aliphatic heterocycles. The van der Waals surface area contributed by atoms with E-state index in [1.54, 1.807) is 7.11 Å². The maximum Gasteiger partial charge on any atom is 0.471 e. The van der Waals surface area contributed by atoms with Crippen molar-refractivity contribution in [2.24, 2.45) is 5.92 Å². The minimum absolute atomic E-state index is 0.0165. The Kier molecular flexibility index (Phi) is 15.4. The molecule has 1 aromatic carbocycles. The van der Waals surface area contributed by atoms with Gasteiger partial charge in [-0.15, -0.1) is 4.05 Å². The zero-order valence-electron chi connectivity index (χ0n) is 19.6. The number of halogens is 1. The van der Waals surface area contributed by atoms with Gasteiger partial charge in [-0.3, -0.25) is 0 Å². The number of methoxy groups -OCH3 is 1. The largest absolute Gasteiger partial charge is 0.471 e. The molecule has 0 saturated carbocycles. The molecule has 0 amide bonds. The Hall–Kier alpha value is 0.386. The molecular weight excluding hydrogens is 424 g/mol. The second-order valence-corrected chi connectivity index (χ2v) is 13.3. The number of rotatable bonds is 11. The van der Waals surface area contributed by atoms with Crippen LogP contribution in [-0.2, 0) is 4.74 Å². The highest BCUT2D eigenvalue weighted by molar-refractivity contribution is 9.23. The topological polar surface area (TPSA) is 29.5 Å². The van der Waals surface area contributed by atoms with E-state index < -0.39 is 0 Å². The molecule has 0 spiro atoms. The van der Waals surface area contributed by atoms with Crippen LogP contribution in [0, 0.1) is 5.92 Å². The van der Waals surface area contributed by atoms with Gasteiger partial charge in [-0.2, -0.15) is 0 Å². The van der Waals surface area contributed by atoms with Gasteiger partial charge in [0.05, 0.1) is 11.7 Å². The summed E-state index contributed by atoms with van der Waals surface area (Å²) in [6.45, 7) is 15.4. The zero-order chi connectivity index (χ0) is 21.7. The van der Waals surface area contributed by atoms with Gasteiger partial charge in [-0.1, -0.05) is 71.7 Å². The molecule has 2 nitrogen and oxygen atoms in total. The van der Waals surface area contributed by atoms with Gasteiger partial charge in [0.2, 0.25) is 0 Å². The molecule has 1 rings (SSSR count). The maximum absolute atomic E-state index is 10.4. The smallest absolute Gasteiger partial charge is 0.388 e. The lowest BCUT2D eigenvalue weighted by molar-refractivity contribution is 0.0125. The van der Waals surface area contributed by atoms with Gasteiger partial charge in [0.15, 0.2) is 0 Å². The Bertz CT molecular complexity index is 500. The Morgan fingerprint density at radius 1 is 0.964 bits per heavy atom. The normalized spacial score (nSPS) is 13.7. The van der Waals surface area contributed by atoms with Crippen molar-refractivity contribution in [1.82, 2.24) is 0 Å². The molecule has 28 heavy (non-hydrogen) atoms. The Labute approximate surface area is 190 Å². The summed E-state index contributed by atoms with van der Waals surface area (Å²) in [6, 6.07) is 8.43. The molecule has 1 N–H and O–H groups in total. The summed E-state index contributed by atoms with van der Waals surface area (Å²) in [5.74, 6) is 1.19. The van der Waals surface area contributed by atoms with Gasteiger partial charge < -0.3 is 22.7 Å². The van der Waals surface area contributed by atoms with Crippen molar-refractivity contribution >= 4 is 31.1 Å². The number of benzene rings is 1. The predicted molar refractivity (Wildman–Crippen MR) is 129 cm³/mol. The third-order valence-corrected chi connectivity index (χ3v) is 9.76. The Balaban J connectivity index is 0.00000129. The molecule has 1 aromatic rings. The fourth-order valence-electron chi connectivity index (χ4n) is 2.83. The lowest BCUT2D eigenvalue weighted by Crippen LogP contribution is -2.22. The summed E-state index contributed by atoms with van der Waals surface area (Å²) < 4.78 is 6.40. The first-order valence-corrected chi connectivity index (χ1v) is 15.6. The van der Waals surface area contributed by atoms with Crippen LogP contribution in [0.5, 0.6) is 0 Å². The van der Waals surface area contributed by atoms with Crippen molar-refractivity contribution in [1.29, 1.82) is 0 Å². The Morgan fingerprint density at radius 3 is 1.89 bits per heavy atom. The van der Waals surface area contributed by atoms with E-state index in [1.165, 1.54) is 18.4 Å². The fraction of sp³-hybridized carbons (Fsp3) is 0.750. The minimum Gasteiger partial charge on any atom is -0.388 e. The van der Waals surface area contributed by atoms with Crippen LogP contribution < -0.4 is 0 Å². The van der Waals surface area contributed by atoms with Crippen molar-refractivity contribution in [3.63, 3.8) is 0 Å². The molecule has 4 heteroatoms. The van der Waals surface area contributed by atoms with Crippen LogP contribution in [0.25, 0.3) is 0 Å². The van der Waals surface area contributed by atoms with Gasteiger partial charge in [-0.25, -0.2) is 0 Å². The summed E-state index contributed by atoms with van der Waals surface area (Å²) in [4.78, 5) is 0. The second-order valence-electron chi connectivity index (χ2n) is 9.42. The summed E-state index contributed by atoms with van der Waals surface area (Å²) in [6.07, 6.45) is 5.05. The summed E-state index contributed by atoms with van der Waals surface area (Å²) >= 11 is 3.61. The first-order chi connectivity index (χ1) is 13.0. The summed E-state index contributed by atoms with van der Waals surface area (Å²) in [7, 11) is 1.78. The molecule has 0 aliphatic carbocycles. The van der Waals surface area contributed by atoms with Gasteiger partial charge in [0.1, 0.15) is 0 Å². The Morgan fingerprint density at radius 2 is 1.46 bits per heavy atom. The van der Waals surface area contributed by atoms with E-state index in [-0.39, 0.29) is 29.9 Å². The molecule has 0 heterocycles. The first kappa shape index (κ1) is 28.4. The highest BCUT2D eigenvalue weighted by atomic mass is 79.9. The average Bonchev–Trinajstić information content (AvgIpc) is 2.66. The summed E-state index contributed by atoms with van der Waals surface area (Å²) in [5, 5.41) is 10.4. The van der Waals surface area contributed by atoms with E-state index in [0.717, 1.165) is 28.9 Å². The number of ether oxygens (including phenoxy) is 1. The number of hydrogen-bond acceptors (Lipinski definition) is 2. The standard InChI is InChI=1S/C21H36O2.C3H7.BrH.Mg/c1-16(2)18-10-12-19(13-11-18)20(22)14-9-17(3)8-7-15-21(4,5)23-6;1-3-2;;/h10-13,16-17,20,22H,7-9,14-15H2,1-6H3;3H,1-2H3;1H;/q;;;+1/p-1. The molecule has 0 saturated heterocycles. The molecule has 2 unspecified atom stereocenters. The third-order valence-electron chi connectivity index (χ3n) is 5.26. The van der Waals surface area contributed by atoms with Gasteiger partial charge in [0.25, 0.3) is 0 Å². The molecule has 0 aromatic heterocycles. The molecule has 0 bridgehead atoms. The SMILES string of the molecule is COC(C)(C)CCCC(C)CCC(O)c1ccc(C(C)C)cc1.C[CH](C)[Mg][Br]. The summed E-state index contributed by atoms with van der Waals surface area (Å²) in [5.41, 5.74) is 2.36. The van der Waals surface area contributed by atoms with Crippen LogP contribution in [0.1, 0.15) is 104 Å². The minimum atomic E-state index is -0.339. The number of aliphatic hydroxyl groups is 1. The van der Waals surface area contributed by atoms with Crippen LogP contribution >= 0.6 is 12.9 Å². The van der Waals surface area contributed by atoms with E-state index in [9.17, 15) is 5.11 Å². The molecule has 0 radical (unpaired) electrons. The van der Waals surface area contributed by atoms with Crippen molar-refractivity contribution in [3.05, 3.63) is 35.4 Å². The van der Waals surface area contributed by atoms with Crippen LogP contribution in [0.2, 0.25) is 4.05 Å². The quantitative estimate of drug-likeness (QED) is 0.338. The van der Waals surface area contributed by atoms with Crippen LogP contribution in [0.4, 0.5) is 0 Å². The van der Waals surface area contributed by atoms with Crippen LogP contribution in [0.15, 0.2) is 24.3 Å². The van der Waals surface area contributed by atoms with Crippen molar-refractivity contribution in [3.8, 4) is 0 Å². The second kappa shape index (κ2) is 15.2. The van der Waals surface area contributed by atoms with Gasteiger partial charge in [-0.05, 0) is 56.1 Å². The number of hydrogen-bond donors (Lipinski definition) is 1. The predicted octanol–water partition coefficient (Wildman–Crippen LogP) is 7.68. The van der Waals surface area contributed by atoms with Crippen LogP contribution in [0.3, 0.4) is 0 Å². The molecular formula is C24H43BrMgO2. The lowest BCUT2D eigenvalue weighted by Gasteiger charge is -2.23.